The van der Waals surface area contributed by atoms with Gasteiger partial charge in [-0.05, 0) is 37.3 Å². The van der Waals surface area contributed by atoms with Gasteiger partial charge in [-0.15, -0.1) is 0 Å². The van der Waals surface area contributed by atoms with E-state index in [1.807, 2.05) is 6.07 Å². The molecule has 0 bridgehead atoms. The van der Waals surface area contributed by atoms with E-state index in [0.717, 1.165) is 25.1 Å². The zero-order chi connectivity index (χ0) is 13.0. The van der Waals surface area contributed by atoms with Crippen LogP contribution < -0.4 is 10.0 Å². The van der Waals surface area contributed by atoms with Crippen LogP contribution in [0.4, 0.5) is 5.82 Å². The summed E-state index contributed by atoms with van der Waals surface area (Å²) in [6, 6.07) is 4.13. The van der Waals surface area contributed by atoms with Crippen molar-refractivity contribution in [3.05, 3.63) is 23.4 Å². The first-order chi connectivity index (χ1) is 8.54. The maximum absolute atomic E-state index is 10.8. The number of rotatable bonds is 6. The van der Waals surface area contributed by atoms with Gasteiger partial charge in [0.25, 0.3) is 0 Å². The third-order valence-corrected chi connectivity index (χ3v) is 3.68. The lowest BCUT2D eigenvalue weighted by atomic mass is 10.2. The van der Waals surface area contributed by atoms with Crippen molar-refractivity contribution in [2.24, 2.45) is 0 Å². The van der Waals surface area contributed by atoms with E-state index in [0.29, 0.717) is 13.1 Å². The minimum absolute atomic E-state index is 0.455. The molecular formula is C12H19N3O2S. The summed E-state index contributed by atoms with van der Waals surface area (Å²) in [5, 5.41) is 3.21. The Hall–Kier alpha value is -1.14. The number of nitrogens with one attached hydrogen (secondary N) is 2. The number of fused-ring (bicyclic) bond motifs is 1. The zero-order valence-corrected chi connectivity index (χ0v) is 11.4. The molecule has 1 aliphatic carbocycles. The van der Waals surface area contributed by atoms with Crippen LogP contribution in [0.15, 0.2) is 12.1 Å². The van der Waals surface area contributed by atoms with Crippen molar-refractivity contribution < 1.29 is 8.42 Å². The molecule has 1 aliphatic rings. The molecule has 0 aromatic carbocycles. The van der Waals surface area contributed by atoms with Crippen molar-refractivity contribution in [3.8, 4) is 0 Å². The standard InChI is InChI=1S/C12H19N3O2S/c1-18(16,17)14-9-3-8-13-12-7-6-10-4-2-5-11(10)15-12/h6-7,14H,2-5,8-9H2,1H3,(H,13,15). The molecule has 0 fully saturated rings. The topological polar surface area (TPSA) is 71.1 Å². The summed E-state index contributed by atoms with van der Waals surface area (Å²) in [5.41, 5.74) is 2.56. The number of sulfonamides is 1. The lowest BCUT2D eigenvalue weighted by Gasteiger charge is -2.07. The summed E-state index contributed by atoms with van der Waals surface area (Å²) in [6.07, 6.45) is 5.32. The van der Waals surface area contributed by atoms with Crippen LogP contribution in [0.5, 0.6) is 0 Å². The number of nitrogens with zero attached hydrogens (tertiary/aromatic N) is 1. The van der Waals surface area contributed by atoms with Crippen LogP contribution in [0.3, 0.4) is 0 Å². The van der Waals surface area contributed by atoms with E-state index in [1.165, 1.54) is 23.9 Å². The van der Waals surface area contributed by atoms with Crippen LogP contribution in [0.25, 0.3) is 0 Å². The summed E-state index contributed by atoms with van der Waals surface area (Å²) < 4.78 is 24.2. The average molecular weight is 269 g/mol. The van der Waals surface area contributed by atoms with E-state index in [4.69, 9.17) is 0 Å². The summed E-state index contributed by atoms with van der Waals surface area (Å²) in [4.78, 5) is 4.55. The monoisotopic (exact) mass is 269 g/mol. The highest BCUT2D eigenvalue weighted by molar-refractivity contribution is 7.88. The molecule has 1 aromatic heterocycles. The van der Waals surface area contributed by atoms with Crippen LogP contribution in [-0.4, -0.2) is 32.7 Å². The van der Waals surface area contributed by atoms with Crippen molar-refractivity contribution in [3.63, 3.8) is 0 Å². The molecular weight excluding hydrogens is 250 g/mol. The molecule has 0 amide bonds. The quantitative estimate of drug-likeness (QED) is 0.753. The van der Waals surface area contributed by atoms with E-state index >= 15 is 0 Å². The highest BCUT2D eigenvalue weighted by Crippen LogP contribution is 2.21. The van der Waals surface area contributed by atoms with Crippen molar-refractivity contribution in [2.45, 2.75) is 25.7 Å². The molecule has 0 unspecified atom stereocenters. The van der Waals surface area contributed by atoms with E-state index in [1.54, 1.807) is 0 Å². The molecule has 0 radical (unpaired) electrons. The number of aromatic nitrogens is 1. The normalized spacial score (nSPS) is 14.5. The predicted molar refractivity (Wildman–Crippen MR) is 72.2 cm³/mol. The second-order valence-electron chi connectivity index (χ2n) is 4.60. The fourth-order valence-corrected chi connectivity index (χ4v) is 2.60. The Morgan fingerprint density at radius 2 is 2.11 bits per heavy atom. The lowest BCUT2D eigenvalue weighted by Crippen LogP contribution is -2.24. The highest BCUT2D eigenvalue weighted by atomic mass is 32.2. The zero-order valence-electron chi connectivity index (χ0n) is 10.6. The van der Waals surface area contributed by atoms with Gasteiger partial charge in [0.2, 0.25) is 10.0 Å². The van der Waals surface area contributed by atoms with E-state index in [-0.39, 0.29) is 0 Å². The van der Waals surface area contributed by atoms with Crippen molar-refractivity contribution >= 4 is 15.8 Å². The molecule has 0 saturated carbocycles. The second-order valence-corrected chi connectivity index (χ2v) is 6.44. The van der Waals surface area contributed by atoms with Crippen molar-refractivity contribution in [1.82, 2.24) is 9.71 Å². The minimum Gasteiger partial charge on any atom is -0.370 e. The van der Waals surface area contributed by atoms with Crippen molar-refractivity contribution in [1.29, 1.82) is 0 Å². The van der Waals surface area contributed by atoms with Crippen LogP contribution in [0, 0.1) is 0 Å². The smallest absolute Gasteiger partial charge is 0.208 e. The number of aryl methyl sites for hydroxylation is 2. The van der Waals surface area contributed by atoms with E-state index < -0.39 is 10.0 Å². The Labute approximate surface area is 108 Å². The Balaban J connectivity index is 1.74. The molecule has 2 N–H and O–H groups in total. The first-order valence-electron chi connectivity index (χ1n) is 6.22. The largest absolute Gasteiger partial charge is 0.370 e. The number of anilines is 1. The van der Waals surface area contributed by atoms with Gasteiger partial charge in [-0.1, -0.05) is 6.07 Å². The predicted octanol–water partition coefficient (Wildman–Crippen LogP) is 0.921. The van der Waals surface area contributed by atoms with Gasteiger partial charge in [-0.3, -0.25) is 0 Å². The maximum atomic E-state index is 10.8. The van der Waals surface area contributed by atoms with Gasteiger partial charge in [0.05, 0.1) is 6.26 Å². The Kier molecular flexibility index (Phi) is 4.19. The third kappa shape index (κ3) is 3.96. The highest BCUT2D eigenvalue weighted by Gasteiger charge is 2.11. The molecule has 0 aliphatic heterocycles. The first-order valence-corrected chi connectivity index (χ1v) is 8.11. The van der Waals surface area contributed by atoms with Gasteiger partial charge in [0.15, 0.2) is 0 Å². The molecule has 0 atom stereocenters. The van der Waals surface area contributed by atoms with Crippen LogP contribution in [0.1, 0.15) is 24.1 Å². The van der Waals surface area contributed by atoms with Gasteiger partial charge in [-0.2, -0.15) is 0 Å². The molecule has 6 heteroatoms. The maximum Gasteiger partial charge on any atom is 0.208 e. The van der Waals surface area contributed by atoms with Crippen LogP contribution >= 0.6 is 0 Å². The fraction of sp³-hybridized carbons (Fsp3) is 0.583. The molecule has 1 aromatic rings. The van der Waals surface area contributed by atoms with Gasteiger partial charge in [0.1, 0.15) is 5.82 Å². The molecule has 18 heavy (non-hydrogen) atoms. The van der Waals surface area contributed by atoms with Gasteiger partial charge in [-0.25, -0.2) is 18.1 Å². The average Bonchev–Trinajstić information content (AvgIpc) is 2.74. The molecule has 0 spiro atoms. The second kappa shape index (κ2) is 5.67. The minimum atomic E-state index is -3.07. The summed E-state index contributed by atoms with van der Waals surface area (Å²) in [6.45, 7) is 1.17. The Morgan fingerprint density at radius 1 is 1.28 bits per heavy atom. The summed E-state index contributed by atoms with van der Waals surface area (Å²) in [7, 11) is -3.07. The molecule has 5 nitrogen and oxygen atoms in total. The van der Waals surface area contributed by atoms with Gasteiger partial charge >= 0.3 is 0 Å². The third-order valence-electron chi connectivity index (χ3n) is 2.95. The van der Waals surface area contributed by atoms with Crippen molar-refractivity contribution in [2.75, 3.05) is 24.7 Å². The SMILES string of the molecule is CS(=O)(=O)NCCCNc1ccc2c(n1)CCC2. The molecule has 0 saturated heterocycles. The first kappa shape index (κ1) is 13.3. The fourth-order valence-electron chi connectivity index (χ4n) is 2.08. The van der Waals surface area contributed by atoms with Gasteiger partial charge < -0.3 is 5.32 Å². The summed E-state index contributed by atoms with van der Waals surface area (Å²) in [5.74, 6) is 0.884. The number of hydrogen-bond donors (Lipinski definition) is 2. The van der Waals surface area contributed by atoms with E-state index in [2.05, 4.69) is 21.1 Å². The number of pyridine rings is 1. The molecule has 100 valence electrons. The molecule has 1 heterocycles. The van der Waals surface area contributed by atoms with Crippen LogP contribution in [0.2, 0.25) is 0 Å². The van der Waals surface area contributed by atoms with Crippen LogP contribution in [-0.2, 0) is 22.9 Å². The van der Waals surface area contributed by atoms with Gasteiger partial charge in [0, 0.05) is 18.8 Å². The molecule has 2 rings (SSSR count). The summed E-state index contributed by atoms with van der Waals surface area (Å²) >= 11 is 0. The Bertz CT molecular complexity index is 514. The Morgan fingerprint density at radius 3 is 2.89 bits per heavy atom. The van der Waals surface area contributed by atoms with E-state index in [9.17, 15) is 8.42 Å². The lowest BCUT2D eigenvalue weighted by molar-refractivity contribution is 0.586. The number of hydrogen-bond acceptors (Lipinski definition) is 4.